The minimum atomic E-state index is -0.493. The van der Waals surface area contributed by atoms with Crippen LogP contribution in [-0.4, -0.2) is 60.2 Å². The minimum Gasteiger partial charge on any atom is -0.493 e. The van der Waals surface area contributed by atoms with E-state index in [0.29, 0.717) is 41.8 Å². The number of benzene rings is 1. The van der Waals surface area contributed by atoms with Crippen molar-refractivity contribution in [2.24, 2.45) is 0 Å². The molecular weight excluding hydrogens is 404 g/mol. The van der Waals surface area contributed by atoms with Gasteiger partial charge in [0.2, 0.25) is 5.91 Å². The summed E-state index contributed by atoms with van der Waals surface area (Å²) in [6.07, 6.45) is 3.44. The number of halogens is 1. The summed E-state index contributed by atoms with van der Waals surface area (Å²) in [5.74, 6) is 0.270. The van der Waals surface area contributed by atoms with Crippen LogP contribution in [0, 0.1) is 0 Å². The molecule has 2 aliphatic rings. The van der Waals surface area contributed by atoms with Crippen molar-refractivity contribution in [1.29, 1.82) is 0 Å². The second kappa shape index (κ2) is 8.87. The van der Waals surface area contributed by atoms with Gasteiger partial charge >= 0.3 is 0 Å². The van der Waals surface area contributed by atoms with E-state index in [0.717, 1.165) is 29.5 Å². The highest BCUT2D eigenvalue weighted by molar-refractivity contribution is 8.18. The fourth-order valence-corrected chi connectivity index (χ4v) is 4.11. The monoisotopic (exact) mass is 424 g/mol. The highest BCUT2D eigenvalue weighted by atomic mass is 35.5. The molecule has 0 atom stereocenters. The molecule has 0 bridgehead atoms. The van der Waals surface area contributed by atoms with E-state index in [1.54, 1.807) is 17.0 Å². The van der Waals surface area contributed by atoms with Crippen LogP contribution >= 0.6 is 23.4 Å². The summed E-state index contributed by atoms with van der Waals surface area (Å²) in [7, 11) is 1.51. The molecule has 2 aliphatic heterocycles. The third kappa shape index (κ3) is 4.28. The standard InChI is InChI=1S/C19H21ClN2O5S/c1-3-27-15-8-12(13(20)10-14(15)26-2)9-16-18(24)22(19(25)28-16)11-17(23)21-6-4-5-7-21/h8-10H,3-7,11H2,1-2H3/b16-9+. The van der Waals surface area contributed by atoms with Crippen molar-refractivity contribution < 1.29 is 23.9 Å². The first-order valence-corrected chi connectivity index (χ1v) is 10.2. The molecular formula is C19H21ClN2O5S. The Balaban J connectivity index is 1.81. The maximum absolute atomic E-state index is 12.7. The highest BCUT2D eigenvalue weighted by Gasteiger charge is 2.37. The van der Waals surface area contributed by atoms with Gasteiger partial charge in [0.05, 0.1) is 23.6 Å². The molecule has 0 aromatic heterocycles. The second-order valence-corrected chi connectivity index (χ2v) is 7.71. The Labute approximate surface area is 172 Å². The van der Waals surface area contributed by atoms with E-state index < -0.39 is 11.1 Å². The third-order valence-electron chi connectivity index (χ3n) is 4.50. The van der Waals surface area contributed by atoms with Crippen LogP contribution in [-0.2, 0) is 9.59 Å². The quantitative estimate of drug-likeness (QED) is 0.651. The average molecular weight is 425 g/mol. The van der Waals surface area contributed by atoms with Crippen molar-refractivity contribution in [2.45, 2.75) is 19.8 Å². The van der Waals surface area contributed by atoms with Crippen molar-refractivity contribution in [3.05, 3.63) is 27.6 Å². The van der Waals surface area contributed by atoms with Crippen LogP contribution < -0.4 is 9.47 Å². The second-order valence-electron chi connectivity index (χ2n) is 6.31. The van der Waals surface area contributed by atoms with Crippen molar-refractivity contribution in [1.82, 2.24) is 9.80 Å². The Hall–Kier alpha value is -2.19. The number of imide groups is 1. The minimum absolute atomic E-state index is 0.206. The number of rotatable bonds is 6. The molecule has 2 fully saturated rings. The zero-order valence-electron chi connectivity index (χ0n) is 15.7. The molecule has 0 unspecified atom stereocenters. The Morgan fingerprint density at radius 2 is 1.96 bits per heavy atom. The summed E-state index contributed by atoms with van der Waals surface area (Å²) >= 11 is 7.09. The number of carbonyl (C=O) groups is 3. The van der Waals surface area contributed by atoms with Crippen LogP contribution in [0.5, 0.6) is 11.5 Å². The first kappa shape index (κ1) is 20.5. The van der Waals surface area contributed by atoms with Gasteiger partial charge in [-0.25, -0.2) is 0 Å². The third-order valence-corrected chi connectivity index (χ3v) is 5.73. The van der Waals surface area contributed by atoms with E-state index in [1.807, 2.05) is 6.92 Å². The molecule has 150 valence electrons. The van der Waals surface area contributed by atoms with Gasteiger partial charge in [0.25, 0.3) is 11.1 Å². The van der Waals surface area contributed by atoms with Gasteiger partial charge in [-0.3, -0.25) is 19.3 Å². The highest BCUT2D eigenvalue weighted by Crippen LogP contribution is 2.37. The van der Waals surface area contributed by atoms with Gasteiger partial charge < -0.3 is 14.4 Å². The number of methoxy groups -OCH3 is 1. The number of likely N-dealkylation sites (tertiary alicyclic amines) is 1. The predicted octanol–water partition coefficient (Wildman–Crippen LogP) is 3.41. The van der Waals surface area contributed by atoms with Gasteiger partial charge in [0.1, 0.15) is 6.54 Å². The van der Waals surface area contributed by atoms with Crippen LogP contribution in [0.4, 0.5) is 4.79 Å². The summed E-state index contributed by atoms with van der Waals surface area (Å²) in [6, 6.07) is 3.26. The maximum atomic E-state index is 12.7. The first-order valence-electron chi connectivity index (χ1n) is 8.98. The molecule has 9 heteroatoms. The van der Waals surface area contributed by atoms with E-state index in [9.17, 15) is 14.4 Å². The van der Waals surface area contributed by atoms with Crippen LogP contribution in [0.2, 0.25) is 5.02 Å². The molecule has 1 aromatic rings. The van der Waals surface area contributed by atoms with Gasteiger partial charge in [-0.15, -0.1) is 0 Å². The summed E-state index contributed by atoms with van der Waals surface area (Å²) in [4.78, 5) is 40.1. The molecule has 28 heavy (non-hydrogen) atoms. The predicted molar refractivity (Wildman–Crippen MR) is 108 cm³/mol. The lowest BCUT2D eigenvalue weighted by atomic mass is 10.1. The Bertz CT molecular complexity index is 836. The number of carbonyl (C=O) groups excluding carboxylic acids is 3. The van der Waals surface area contributed by atoms with E-state index in [4.69, 9.17) is 21.1 Å². The molecule has 3 rings (SSSR count). The van der Waals surface area contributed by atoms with Gasteiger partial charge in [-0.05, 0) is 49.2 Å². The van der Waals surface area contributed by atoms with Crippen LogP contribution in [0.15, 0.2) is 17.0 Å². The lowest BCUT2D eigenvalue weighted by molar-refractivity contribution is -0.135. The number of nitrogens with zero attached hydrogens (tertiary/aromatic N) is 2. The van der Waals surface area contributed by atoms with Gasteiger partial charge in [-0.1, -0.05) is 11.6 Å². The van der Waals surface area contributed by atoms with Crippen molar-refractivity contribution in [3.63, 3.8) is 0 Å². The van der Waals surface area contributed by atoms with Crippen LogP contribution in [0.3, 0.4) is 0 Å². The van der Waals surface area contributed by atoms with E-state index in [2.05, 4.69) is 0 Å². The molecule has 3 amide bonds. The molecule has 0 spiro atoms. The average Bonchev–Trinajstić information content (AvgIpc) is 3.29. The summed E-state index contributed by atoms with van der Waals surface area (Å²) in [5, 5.41) is -0.0984. The Kier molecular flexibility index (Phi) is 6.51. The zero-order chi connectivity index (χ0) is 20.3. The molecule has 0 radical (unpaired) electrons. The number of ether oxygens (including phenoxy) is 2. The van der Waals surface area contributed by atoms with E-state index >= 15 is 0 Å². The van der Waals surface area contributed by atoms with Crippen molar-refractivity contribution >= 4 is 46.5 Å². The fourth-order valence-electron chi connectivity index (χ4n) is 3.07. The molecule has 0 aliphatic carbocycles. The van der Waals surface area contributed by atoms with Crippen molar-refractivity contribution in [3.8, 4) is 11.5 Å². The fraction of sp³-hybridized carbons (Fsp3) is 0.421. The summed E-state index contributed by atoms with van der Waals surface area (Å²) in [6.45, 7) is 3.39. The molecule has 7 nitrogen and oxygen atoms in total. The smallest absolute Gasteiger partial charge is 0.294 e. The molecule has 0 N–H and O–H groups in total. The largest absolute Gasteiger partial charge is 0.493 e. The van der Waals surface area contributed by atoms with Crippen molar-refractivity contribution in [2.75, 3.05) is 33.4 Å². The Morgan fingerprint density at radius 1 is 1.25 bits per heavy atom. The van der Waals surface area contributed by atoms with Crippen LogP contribution in [0.25, 0.3) is 6.08 Å². The SMILES string of the molecule is CCOc1cc(/C=C2/SC(=O)N(CC(=O)N3CCCC3)C2=O)c(Cl)cc1OC. The Morgan fingerprint density at radius 3 is 2.61 bits per heavy atom. The van der Waals surface area contributed by atoms with Crippen LogP contribution in [0.1, 0.15) is 25.3 Å². The molecule has 2 heterocycles. The lowest BCUT2D eigenvalue weighted by Gasteiger charge is -2.18. The molecule has 0 saturated carbocycles. The summed E-state index contributed by atoms with van der Waals surface area (Å²) in [5.41, 5.74) is 0.530. The zero-order valence-corrected chi connectivity index (χ0v) is 17.3. The first-order chi connectivity index (χ1) is 13.4. The number of amides is 3. The number of thioether (sulfide) groups is 1. The van der Waals surface area contributed by atoms with Gasteiger partial charge in [0, 0.05) is 19.2 Å². The maximum Gasteiger partial charge on any atom is 0.294 e. The van der Waals surface area contributed by atoms with E-state index in [1.165, 1.54) is 13.2 Å². The lowest BCUT2D eigenvalue weighted by Crippen LogP contribution is -2.40. The topological polar surface area (TPSA) is 76.2 Å². The normalized spacial score (nSPS) is 18.3. The molecule has 2 saturated heterocycles. The number of hydrogen-bond acceptors (Lipinski definition) is 6. The van der Waals surface area contributed by atoms with Gasteiger partial charge in [-0.2, -0.15) is 0 Å². The van der Waals surface area contributed by atoms with E-state index in [-0.39, 0.29) is 17.4 Å². The molecule has 1 aromatic carbocycles. The van der Waals surface area contributed by atoms with Gasteiger partial charge in [0.15, 0.2) is 11.5 Å². The summed E-state index contributed by atoms with van der Waals surface area (Å²) < 4.78 is 10.8. The number of hydrogen-bond donors (Lipinski definition) is 0.